The van der Waals surface area contributed by atoms with Crippen molar-refractivity contribution >= 4 is 50.1 Å². The van der Waals surface area contributed by atoms with E-state index in [0.29, 0.717) is 35.6 Å². The predicted octanol–water partition coefficient (Wildman–Crippen LogP) is 5.42. The Kier molecular flexibility index (Phi) is 12.9. The third-order valence-electron chi connectivity index (χ3n) is 6.81. The smallest absolute Gasteiger partial charge is 0.394 e. The van der Waals surface area contributed by atoms with Crippen molar-refractivity contribution in [1.29, 1.82) is 0 Å². The molecule has 1 saturated heterocycles. The lowest BCUT2D eigenvalue weighted by molar-refractivity contribution is 0.0357. The minimum atomic E-state index is -4.67. The summed E-state index contributed by atoms with van der Waals surface area (Å²) in [5.74, 6) is 1.99. The Morgan fingerprint density at radius 3 is 2.41 bits per heavy atom. The number of morpholine rings is 1. The molecule has 0 amide bonds. The summed E-state index contributed by atoms with van der Waals surface area (Å²) in [5.41, 5.74) is 4.38. The van der Waals surface area contributed by atoms with Crippen LogP contribution in [0, 0.1) is 0 Å². The Balaban J connectivity index is 0.000000892. The molecule has 15 heteroatoms. The Morgan fingerprint density at radius 2 is 1.74 bits per heavy atom. The van der Waals surface area contributed by atoms with E-state index in [1.165, 1.54) is 6.33 Å². The van der Waals surface area contributed by atoms with Gasteiger partial charge in [-0.1, -0.05) is 41.0 Å². The zero-order valence-electron chi connectivity index (χ0n) is 25.4. The van der Waals surface area contributed by atoms with Gasteiger partial charge in [0.25, 0.3) is 0 Å². The molecule has 1 aromatic heterocycles. The van der Waals surface area contributed by atoms with E-state index < -0.39 is 10.4 Å². The molecule has 0 aliphatic carbocycles. The van der Waals surface area contributed by atoms with Crippen LogP contribution in [-0.4, -0.2) is 84.7 Å². The maximum atomic E-state index is 8.74. The highest BCUT2D eigenvalue weighted by Crippen LogP contribution is 2.35. The molecule has 0 atom stereocenters. The Bertz CT molecular complexity index is 1690. The Hall–Kier alpha value is -4.05. The van der Waals surface area contributed by atoms with E-state index in [9.17, 15) is 0 Å². The first-order chi connectivity index (χ1) is 22.1. The molecule has 1 fully saturated rings. The van der Waals surface area contributed by atoms with E-state index in [0.717, 1.165) is 72.7 Å². The van der Waals surface area contributed by atoms with Crippen LogP contribution in [0.25, 0.3) is 10.9 Å². The first-order valence-corrected chi connectivity index (χ1v) is 16.1. The average Bonchev–Trinajstić information content (AvgIpc) is 3.04. The maximum absolute atomic E-state index is 8.74. The van der Waals surface area contributed by atoms with Gasteiger partial charge in [0.1, 0.15) is 18.8 Å². The van der Waals surface area contributed by atoms with Gasteiger partial charge < -0.3 is 24.4 Å². The van der Waals surface area contributed by atoms with Crippen LogP contribution in [0.2, 0.25) is 5.02 Å². The first-order valence-electron chi connectivity index (χ1n) is 14.3. The van der Waals surface area contributed by atoms with Crippen LogP contribution in [0.3, 0.4) is 0 Å². The van der Waals surface area contributed by atoms with Crippen LogP contribution in [-0.2, 0) is 26.6 Å². The number of oxime groups is 1. The molecule has 13 nitrogen and oxygen atoms in total. The fourth-order valence-electron chi connectivity index (χ4n) is 4.50. The van der Waals surface area contributed by atoms with Gasteiger partial charge in [0.2, 0.25) is 0 Å². The van der Waals surface area contributed by atoms with Crippen LogP contribution < -0.4 is 14.8 Å². The Morgan fingerprint density at radius 1 is 1.04 bits per heavy atom. The van der Waals surface area contributed by atoms with Crippen molar-refractivity contribution in [2.75, 3.05) is 51.9 Å². The number of anilines is 2. The molecule has 46 heavy (non-hydrogen) atoms. The molecule has 3 N–H and O–H groups in total. The molecule has 1 aliphatic heterocycles. The van der Waals surface area contributed by atoms with E-state index in [4.69, 9.17) is 48.2 Å². The molecule has 2 heterocycles. The summed E-state index contributed by atoms with van der Waals surface area (Å²) < 4.78 is 48.7. The van der Waals surface area contributed by atoms with Gasteiger partial charge in [0.05, 0.1) is 38.2 Å². The number of fused-ring (bicyclic) bond motifs is 1. The summed E-state index contributed by atoms with van der Waals surface area (Å²) >= 11 is 5.94. The minimum absolute atomic E-state index is 0.374. The van der Waals surface area contributed by atoms with Gasteiger partial charge in [-0.15, -0.1) is 0 Å². The molecule has 4 aromatic rings. The molecule has 0 saturated carbocycles. The number of halogens is 1. The van der Waals surface area contributed by atoms with Crippen molar-refractivity contribution in [3.05, 3.63) is 83.1 Å². The number of nitrogens with zero attached hydrogens (tertiary/aromatic N) is 4. The second-order valence-electron chi connectivity index (χ2n) is 10.1. The predicted molar refractivity (Wildman–Crippen MR) is 176 cm³/mol. The highest BCUT2D eigenvalue weighted by molar-refractivity contribution is 7.79. The topological polar surface area (TPSA) is 165 Å². The van der Waals surface area contributed by atoms with Crippen molar-refractivity contribution in [3.63, 3.8) is 0 Å². The van der Waals surface area contributed by atoms with Gasteiger partial charge in [-0.3, -0.25) is 14.0 Å². The number of rotatable bonds is 12. The number of nitrogens with one attached hydrogen (secondary N) is 1. The standard InChI is InChI=1S/C31H34ClN5O4.H2O4S/c1-22(36-41-20-23-4-8-25(32)9-5-23)24-6-10-26(11-7-24)35-31-27-18-30(29(38-2)19-28(27)33-21-34-31)40-15-3-12-37-13-16-39-17-14-37;1-5(2,3)4/h4-11,18-19,21H,3,12-17,20H2,1-2H3,(H,33,34,35);(H2,1,2,3,4)/b36-22-;. The molecule has 0 radical (unpaired) electrons. The second kappa shape index (κ2) is 17.0. The summed E-state index contributed by atoms with van der Waals surface area (Å²) in [5, 5.41) is 9.20. The normalized spacial score (nSPS) is 13.9. The lowest BCUT2D eigenvalue weighted by atomic mass is 10.1. The van der Waals surface area contributed by atoms with Crippen molar-refractivity contribution in [3.8, 4) is 11.5 Å². The van der Waals surface area contributed by atoms with Crippen LogP contribution in [0.4, 0.5) is 11.5 Å². The number of hydrogen-bond donors (Lipinski definition) is 3. The summed E-state index contributed by atoms with van der Waals surface area (Å²) in [7, 11) is -3.03. The molecule has 0 spiro atoms. The highest BCUT2D eigenvalue weighted by Gasteiger charge is 2.14. The average molecular weight is 674 g/mol. The monoisotopic (exact) mass is 673 g/mol. The van der Waals surface area contributed by atoms with E-state index in [2.05, 4.69) is 25.3 Å². The summed E-state index contributed by atoms with van der Waals surface area (Å²) in [4.78, 5) is 16.9. The fraction of sp³-hybridized carbons (Fsp3) is 0.323. The third-order valence-corrected chi connectivity index (χ3v) is 7.06. The number of methoxy groups -OCH3 is 1. The van der Waals surface area contributed by atoms with E-state index in [1.54, 1.807) is 7.11 Å². The van der Waals surface area contributed by atoms with Crippen LogP contribution in [0.1, 0.15) is 24.5 Å². The van der Waals surface area contributed by atoms with Crippen LogP contribution in [0.15, 0.2) is 72.1 Å². The van der Waals surface area contributed by atoms with E-state index in [-0.39, 0.29) is 0 Å². The van der Waals surface area contributed by atoms with E-state index in [1.807, 2.05) is 67.6 Å². The third kappa shape index (κ3) is 11.4. The molecule has 1 aliphatic rings. The fourth-order valence-corrected chi connectivity index (χ4v) is 4.63. The van der Waals surface area contributed by atoms with Crippen molar-refractivity contribution < 1.29 is 36.6 Å². The first kappa shape index (κ1) is 34.8. The van der Waals surface area contributed by atoms with Crippen molar-refractivity contribution in [2.24, 2.45) is 5.16 Å². The second-order valence-corrected chi connectivity index (χ2v) is 11.5. The maximum Gasteiger partial charge on any atom is 0.394 e. The molecular weight excluding hydrogens is 638 g/mol. The van der Waals surface area contributed by atoms with Gasteiger partial charge in [-0.25, -0.2) is 9.97 Å². The SMILES string of the molecule is COc1cc2ncnc(Nc3ccc(/C(C)=N\OCc4ccc(Cl)cc4)cc3)c2cc1OCCCN1CCOCC1.O=S(=O)(O)O. The quantitative estimate of drug-likeness (QED) is 0.0757. The molecular formula is C31H36ClN5O8S. The zero-order chi connectivity index (χ0) is 32.9. The Labute approximate surface area is 272 Å². The summed E-state index contributed by atoms with van der Waals surface area (Å²) in [6, 6.07) is 19.3. The van der Waals surface area contributed by atoms with Gasteiger partial charge in [-0.05, 0) is 54.8 Å². The van der Waals surface area contributed by atoms with Gasteiger partial charge >= 0.3 is 10.4 Å². The van der Waals surface area contributed by atoms with Gasteiger partial charge in [0.15, 0.2) is 11.5 Å². The molecule has 3 aromatic carbocycles. The lowest BCUT2D eigenvalue weighted by Crippen LogP contribution is -2.37. The number of hydrogen-bond acceptors (Lipinski definition) is 11. The van der Waals surface area contributed by atoms with Crippen LogP contribution >= 0.6 is 11.6 Å². The summed E-state index contributed by atoms with van der Waals surface area (Å²) in [6.45, 7) is 7.38. The van der Waals surface area contributed by atoms with Gasteiger partial charge in [-0.2, -0.15) is 8.42 Å². The minimum Gasteiger partial charge on any atom is -0.493 e. The largest absolute Gasteiger partial charge is 0.493 e. The van der Waals surface area contributed by atoms with E-state index >= 15 is 0 Å². The van der Waals surface area contributed by atoms with Crippen molar-refractivity contribution in [2.45, 2.75) is 20.0 Å². The van der Waals surface area contributed by atoms with Crippen LogP contribution in [0.5, 0.6) is 11.5 Å². The van der Waals surface area contributed by atoms with Crippen molar-refractivity contribution in [1.82, 2.24) is 14.9 Å². The number of benzene rings is 3. The zero-order valence-corrected chi connectivity index (χ0v) is 27.0. The lowest BCUT2D eigenvalue weighted by Gasteiger charge is -2.26. The molecule has 0 unspecified atom stereocenters. The molecule has 246 valence electrons. The highest BCUT2D eigenvalue weighted by atomic mass is 35.5. The number of aromatic nitrogens is 2. The number of ether oxygens (including phenoxy) is 3. The molecule has 0 bridgehead atoms. The summed E-state index contributed by atoms with van der Waals surface area (Å²) in [6.07, 6.45) is 2.45. The van der Waals surface area contributed by atoms with Gasteiger partial charge in [0, 0.05) is 41.8 Å². The molecule has 5 rings (SSSR count).